The third-order valence-corrected chi connectivity index (χ3v) is 17.6. The Labute approximate surface area is 60.1 Å². The van der Waals surface area contributed by atoms with E-state index in [9.17, 15) is 0 Å². The Bertz CT molecular complexity index is 53.6. The molecule has 44 valence electrons. The average Bonchev–Trinajstić information content (AvgIpc) is 1.31. The van der Waals surface area contributed by atoms with Gasteiger partial charge < -0.3 is 0 Å². The van der Waals surface area contributed by atoms with Crippen molar-refractivity contribution in [3.8, 4) is 0 Å². The first-order valence-corrected chi connectivity index (χ1v) is 18.3. The first-order valence-electron chi connectivity index (χ1n) is 2.63. The van der Waals surface area contributed by atoms with E-state index in [0.29, 0.717) is 0 Å². The molecule has 0 unspecified atom stereocenters. The van der Waals surface area contributed by atoms with E-state index in [2.05, 4.69) is 42.4 Å². The summed E-state index contributed by atoms with van der Waals surface area (Å²) in [4.78, 5) is 4.92. The molecule has 0 heterocycles. The van der Waals surface area contributed by atoms with Crippen LogP contribution in [0.15, 0.2) is 0 Å². The zero-order valence-corrected chi connectivity index (χ0v) is 10.5. The molecule has 0 rings (SSSR count). The molecule has 0 aromatic rings. The van der Waals surface area contributed by atoms with E-state index < -0.39 is 14.4 Å². The molecule has 0 aromatic heterocycles. The Hall–Kier alpha value is 1.53. The first-order chi connectivity index (χ1) is 2.94. The molecule has 0 fully saturated rings. The summed E-state index contributed by atoms with van der Waals surface area (Å²) in [6.45, 7) is 4.67. The maximum atomic E-state index is 2.68. The van der Waals surface area contributed by atoms with Gasteiger partial charge in [-0.15, -0.1) is 0 Å². The molecular formula is C5H13ISn. The van der Waals surface area contributed by atoms with Crippen LogP contribution in [0.4, 0.5) is 0 Å². The van der Waals surface area contributed by atoms with Crippen molar-refractivity contribution < 1.29 is 0 Å². The molecule has 2 heteroatoms. The van der Waals surface area contributed by atoms with E-state index in [1.54, 1.807) is 0 Å². The molecule has 0 radical (unpaired) electrons. The molecule has 7 heavy (non-hydrogen) atoms. The summed E-state index contributed by atoms with van der Waals surface area (Å²) in [5, 5.41) is 0. The molecule has 0 bridgehead atoms. The van der Waals surface area contributed by atoms with E-state index >= 15 is 0 Å². The van der Waals surface area contributed by atoms with Gasteiger partial charge in [0.05, 0.1) is 0 Å². The zero-order valence-electron chi connectivity index (χ0n) is 5.46. The monoisotopic (exact) mass is 320 g/mol. The second-order valence-corrected chi connectivity index (χ2v) is 33.6. The van der Waals surface area contributed by atoms with Crippen molar-refractivity contribution in [2.75, 3.05) is 0 Å². The van der Waals surface area contributed by atoms with E-state index in [-0.39, 0.29) is 0 Å². The summed E-state index contributed by atoms with van der Waals surface area (Å²) in [6.07, 6.45) is 0. The summed E-state index contributed by atoms with van der Waals surface area (Å²) >= 11 is 1.28. The van der Waals surface area contributed by atoms with Crippen molar-refractivity contribution in [1.82, 2.24) is 0 Å². The summed E-state index contributed by atoms with van der Waals surface area (Å²) in [5.41, 5.74) is 0. The molecule has 0 N–H and O–H groups in total. The maximum absolute atomic E-state index is 2.68. The van der Waals surface area contributed by atoms with Gasteiger partial charge in [0.15, 0.2) is 0 Å². The van der Waals surface area contributed by atoms with E-state index in [1.165, 1.54) is 0 Å². The van der Waals surface area contributed by atoms with Crippen molar-refractivity contribution >= 4 is 33.0 Å². The van der Waals surface area contributed by atoms with Gasteiger partial charge in [-0.25, -0.2) is 0 Å². The summed E-state index contributed by atoms with van der Waals surface area (Å²) < 4.78 is 0.995. The molecular weight excluding hydrogens is 306 g/mol. The van der Waals surface area contributed by atoms with Crippen LogP contribution in [0, 0.1) is 0 Å². The number of hydrogen-bond acceptors (Lipinski definition) is 0. The van der Waals surface area contributed by atoms with Crippen LogP contribution in [0.5, 0.6) is 0 Å². The second-order valence-electron chi connectivity index (χ2n) is 2.72. The standard InChI is InChI=1S/C3H7.2CH3.HI.Sn/c1-3-2;;;;/h3H,1-2H3;2*1H3;1H;/q;;;;+1/p-1. The first kappa shape index (κ1) is 8.53. The Morgan fingerprint density at radius 3 is 1.43 bits per heavy atom. The van der Waals surface area contributed by atoms with Gasteiger partial charge in [0.1, 0.15) is 0 Å². The van der Waals surface area contributed by atoms with E-state index in [1.807, 2.05) is 0 Å². The van der Waals surface area contributed by atoms with Gasteiger partial charge >= 0.3 is 60.7 Å². The molecule has 0 nitrogen and oxygen atoms in total. The molecule has 0 aromatic carbocycles. The second kappa shape index (κ2) is 2.89. The third-order valence-electron chi connectivity index (χ3n) is 1.37. The predicted molar refractivity (Wildman–Crippen MR) is 46.6 cm³/mol. The number of hydrogen-bond donors (Lipinski definition) is 0. The van der Waals surface area contributed by atoms with Crippen molar-refractivity contribution in [2.45, 2.75) is 27.7 Å². The Morgan fingerprint density at radius 2 is 1.43 bits per heavy atom. The van der Waals surface area contributed by atoms with Gasteiger partial charge in [-0.05, 0) is 0 Å². The Kier molecular flexibility index (Phi) is 3.53. The minimum absolute atomic E-state index is 0.995. The van der Waals surface area contributed by atoms with Gasteiger partial charge in [-0.2, -0.15) is 0 Å². The van der Waals surface area contributed by atoms with Crippen LogP contribution in [-0.2, 0) is 0 Å². The van der Waals surface area contributed by atoms with Gasteiger partial charge in [-0.1, -0.05) is 0 Å². The summed E-state index contributed by atoms with van der Waals surface area (Å²) in [5.74, 6) is 0. The van der Waals surface area contributed by atoms with Crippen LogP contribution in [-0.4, -0.2) is 14.4 Å². The number of rotatable bonds is 1. The number of halogens is 1. The molecule has 0 aliphatic heterocycles. The van der Waals surface area contributed by atoms with E-state index in [0.717, 1.165) is 3.93 Å². The third kappa shape index (κ3) is 4.06. The van der Waals surface area contributed by atoms with Crippen molar-refractivity contribution in [3.63, 3.8) is 0 Å². The molecule has 0 amide bonds. The normalized spacial score (nSPS) is 12.9. The van der Waals surface area contributed by atoms with Crippen LogP contribution >= 0.6 is 18.6 Å². The predicted octanol–water partition coefficient (Wildman–Crippen LogP) is 3.04. The fraction of sp³-hybridized carbons (Fsp3) is 1.00. The molecule has 0 aliphatic carbocycles. The van der Waals surface area contributed by atoms with Gasteiger partial charge in [0, 0.05) is 0 Å². The fourth-order valence-electron chi connectivity index (χ4n) is 0. The van der Waals surface area contributed by atoms with Gasteiger partial charge in [0.25, 0.3) is 0 Å². The van der Waals surface area contributed by atoms with Crippen LogP contribution < -0.4 is 0 Å². The molecule has 0 spiro atoms. The molecule has 0 aliphatic rings. The molecule has 0 saturated heterocycles. The van der Waals surface area contributed by atoms with Crippen LogP contribution in [0.1, 0.15) is 13.8 Å². The van der Waals surface area contributed by atoms with Crippen LogP contribution in [0.25, 0.3) is 0 Å². The molecule has 0 saturated carbocycles. The Morgan fingerprint density at radius 1 is 1.29 bits per heavy atom. The average molecular weight is 319 g/mol. The SMILES string of the molecule is C[CH](C)[Sn]([CH3])([CH3])[I]. The van der Waals surface area contributed by atoms with Gasteiger partial charge in [0.2, 0.25) is 0 Å². The van der Waals surface area contributed by atoms with Gasteiger partial charge in [-0.3, -0.25) is 0 Å². The van der Waals surface area contributed by atoms with Crippen LogP contribution in [0.3, 0.4) is 0 Å². The zero-order chi connectivity index (χ0) is 6.08. The van der Waals surface area contributed by atoms with Crippen molar-refractivity contribution in [3.05, 3.63) is 0 Å². The van der Waals surface area contributed by atoms with Crippen molar-refractivity contribution in [2.24, 2.45) is 0 Å². The summed E-state index contributed by atoms with van der Waals surface area (Å²) in [6, 6.07) is 0. The van der Waals surface area contributed by atoms with Crippen molar-refractivity contribution in [1.29, 1.82) is 0 Å². The Balaban J connectivity index is 3.54. The van der Waals surface area contributed by atoms with E-state index in [4.69, 9.17) is 0 Å². The topological polar surface area (TPSA) is 0 Å². The summed E-state index contributed by atoms with van der Waals surface area (Å²) in [7, 11) is 0. The van der Waals surface area contributed by atoms with Crippen LogP contribution in [0.2, 0.25) is 13.8 Å². The molecule has 0 atom stereocenters. The quantitative estimate of drug-likeness (QED) is 0.515. The fourth-order valence-corrected chi connectivity index (χ4v) is 0. The minimum atomic E-state index is -1.40.